The minimum atomic E-state index is -0.493. The average Bonchev–Trinajstić information content (AvgIpc) is 3.21. The Balaban J connectivity index is 1.30. The molecular weight excluding hydrogens is 385 g/mol. The molecule has 0 spiro atoms. The Kier molecular flexibility index (Phi) is 5.70. The van der Waals surface area contributed by atoms with Gasteiger partial charge in [-0.3, -0.25) is 9.59 Å². The first-order valence-electron chi connectivity index (χ1n) is 10.0. The SMILES string of the molecule is COc1ccc2cc(C(=O)NCC3CCN(C(=O)c4ccccc4F)CC3)[nH]c2c1. The summed E-state index contributed by atoms with van der Waals surface area (Å²) >= 11 is 0. The zero-order valence-electron chi connectivity index (χ0n) is 16.8. The average molecular weight is 409 g/mol. The molecule has 1 aliphatic rings. The van der Waals surface area contributed by atoms with Crippen LogP contribution in [0, 0.1) is 11.7 Å². The van der Waals surface area contributed by atoms with Gasteiger partial charge in [0.2, 0.25) is 0 Å². The van der Waals surface area contributed by atoms with Crippen LogP contribution in [0.3, 0.4) is 0 Å². The third kappa shape index (κ3) is 4.15. The molecule has 1 saturated heterocycles. The molecule has 0 radical (unpaired) electrons. The maximum atomic E-state index is 13.9. The predicted molar refractivity (Wildman–Crippen MR) is 112 cm³/mol. The van der Waals surface area contributed by atoms with Gasteiger partial charge in [-0.25, -0.2) is 4.39 Å². The van der Waals surface area contributed by atoms with E-state index in [4.69, 9.17) is 4.74 Å². The summed E-state index contributed by atoms with van der Waals surface area (Å²) in [5.74, 6) is 0.0862. The summed E-state index contributed by atoms with van der Waals surface area (Å²) in [5, 5.41) is 3.92. The number of hydrogen-bond acceptors (Lipinski definition) is 3. The van der Waals surface area contributed by atoms with E-state index >= 15 is 0 Å². The predicted octanol–water partition coefficient (Wildman–Crippen LogP) is 3.60. The van der Waals surface area contributed by atoms with E-state index in [2.05, 4.69) is 10.3 Å². The highest BCUT2D eigenvalue weighted by atomic mass is 19.1. The van der Waals surface area contributed by atoms with Gasteiger partial charge >= 0.3 is 0 Å². The number of carbonyl (C=O) groups is 2. The quantitative estimate of drug-likeness (QED) is 0.676. The standard InChI is InChI=1S/C23H24FN3O3/c1-30-17-7-6-16-12-21(26-20(16)13-17)22(28)25-14-15-8-10-27(11-9-15)23(29)18-4-2-3-5-19(18)24/h2-7,12-13,15,26H,8-11,14H2,1H3,(H,25,28). The number of piperidine rings is 1. The lowest BCUT2D eigenvalue weighted by Crippen LogP contribution is -2.41. The van der Waals surface area contributed by atoms with Crippen molar-refractivity contribution < 1.29 is 18.7 Å². The topological polar surface area (TPSA) is 74.4 Å². The lowest BCUT2D eigenvalue weighted by atomic mass is 9.96. The highest BCUT2D eigenvalue weighted by Gasteiger charge is 2.25. The van der Waals surface area contributed by atoms with Crippen molar-refractivity contribution in [3.8, 4) is 5.75 Å². The van der Waals surface area contributed by atoms with Crippen molar-refractivity contribution in [2.45, 2.75) is 12.8 Å². The molecule has 1 fully saturated rings. The zero-order chi connectivity index (χ0) is 21.1. The summed E-state index contributed by atoms with van der Waals surface area (Å²) < 4.78 is 19.1. The van der Waals surface area contributed by atoms with Crippen molar-refractivity contribution in [3.63, 3.8) is 0 Å². The van der Waals surface area contributed by atoms with Crippen molar-refractivity contribution in [2.75, 3.05) is 26.7 Å². The summed E-state index contributed by atoms with van der Waals surface area (Å²) in [7, 11) is 1.60. The number of nitrogens with one attached hydrogen (secondary N) is 2. The van der Waals surface area contributed by atoms with E-state index in [1.807, 2.05) is 24.3 Å². The molecule has 0 atom stereocenters. The molecule has 2 N–H and O–H groups in total. The molecule has 7 heteroatoms. The van der Waals surface area contributed by atoms with E-state index in [9.17, 15) is 14.0 Å². The number of rotatable bonds is 5. The lowest BCUT2D eigenvalue weighted by molar-refractivity contribution is 0.0679. The zero-order valence-corrected chi connectivity index (χ0v) is 16.8. The number of halogens is 1. The molecule has 156 valence electrons. The first kappa shape index (κ1) is 19.9. The maximum absolute atomic E-state index is 13.9. The Labute approximate surface area is 174 Å². The molecule has 0 saturated carbocycles. The molecule has 0 bridgehead atoms. The van der Waals surface area contributed by atoms with E-state index in [0.717, 1.165) is 29.5 Å². The molecule has 6 nitrogen and oxygen atoms in total. The third-order valence-corrected chi connectivity index (χ3v) is 5.63. The van der Waals surface area contributed by atoms with Crippen LogP contribution in [0.1, 0.15) is 33.7 Å². The van der Waals surface area contributed by atoms with Gasteiger partial charge in [-0.15, -0.1) is 0 Å². The van der Waals surface area contributed by atoms with Crippen molar-refractivity contribution in [1.29, 1.82) is 0 Å². The van der Waals surface area contributed by atoms with Crippen LogP contribution < -0.4 is 10.1 Å². The van der Waals surface area contributed by atoms with E-state index in [1.165, 1.54) is 12.1 Å². The van der Waals surface area contributed by atoms with Gasteiger partial charge in [-0.2, -0.15) is 0 Å². The number of benzene rings is 2. The monoisotopic (exact) mass is 409 g/mol. The van der Waals surface area contributed by atoms with Crippen molar-refractivity contribution >= 4 is 22.7 Å². The van der Waals surface area contributed by atoms with Gasteiger partial charge < -0.3 is 19.9 Å². The van der Waals surface area contributed by atoms with Gasteiger partial charge in [-0.05, 0) is 49.1 Å². The smallest absolute Gasteiger partial charge is 0.267 e. The minimum absolute atomic E-state index is 0.111. The van der Waals surface area contributed by atoms with Gasteiger partial charge in [0.05, 0.1) is 12.7 Å². The van der Waals surface area contributed by atoms with Gasteiger partial charge in [-0.1, -0.05) is 12.1 Å². The summed E-state index contributed by atoms with van der Waals surface area (Å²) in [6.45, 7) is 1.65. The third-order valence-electron chi connectivity index (χ3n) is 5.63. The highest BCUT2D eigenvalue weighted by molar-refractivity contribution is 5.98. The number of hydrogen-bond donors (Lipinski definition) is 2. The number of aromatic nitrogens is 1. The van der Waals surface area contributed by atoms with Crippen molar-refractivity contribution in [2.24, 2.45) is 5.92 Å². The van der Waals surface area contributed by atoms with Gasteiger partial charge in [0.1, 0.15) is 17.3 Å². The summed E-state index contributed by atoms with van der Waals surface area (Å²) in [6.07, 6.45) is 1.54. The fourth-order valence-electron chi connectivity index (χ4n) is 3.83. The molecule has 2 amide bonds. The van der Waals surface area contributed by atoms with E-state index in [0.29, 0.717) is 25.3 Å². The molecule has 1 aromatic heterocycles. The summed E-state index contributed by atoms with van der Waals surface area (Å²) in [6, 6.07) is 13.5. The molecular formula is C23H24FN3O3. The Morgan fingerprint density at radius 1 is 1.17 bits per heavy atom. The number of aromatic amines is 1. The summed E-state index contributed by atoms with van der Waals surface area (Å²) in [5.41, 5.74) is 1.46. The summed E-state index contributed by atoms with van der Waals surface area (Å²) in [4.78, 5) is 29.8. The first-order chi connectivity index (χ1) is 14.5. The van der Waals surface area contributed by atoms with E-state index in [-0.39, 0.29) is 23.3 Å². The van der Waals surface area contributed by atoms with Crippen LogP contribution in [0.2, 0.25) is 0 Å². The second-order valence-corrected chi connectivity index (χ2v) is 7.56. The second kappa shape index (κ2) is 8.57. The van der Waals surface area contributed by atoms with Crippen LogP contribution in [0.5, 0.6) is 5.75 Å². The Morgan fingerprint density at radius 3 is 2.67 bits per heavy atom. The van der Waals surface area contributed by atoms with Crippen LogP contribution in [0.25, 0.3) is 10.9 Å². The number of amides is 2. The molecule has 0 aliphatic carbocycles. The first-order valence-corrected chi connectivity index (χ1v) is 10.0. The van der Waals surface area contributed by atoms with Gasteiger partial charge in [0, 0.05) is 36.6 Å². The number of H-pyrrole nitrogens is 1. The molecule has 4 rings (SSSR count). The second-order valence-electron chi connectivity index (χ2n) is 7.56. The van der Waals surface area contributed by atoms with E-state index < -0.39 is 5.82 Å². The number of fused-ring (bicyclic) bond motifs is 1. The lowest BCUT2D eigenvalue weighted by Gasteiger charge is -2.32. The number of carbonyl (C=O) groups excluding carboxylic acids is 2. The molecule has 1 aliphatic heterocycles. The Hall–Kier alpha value is -3.35. The molecule has 2 heterocycles. The maximum Gasteiger partial charge on any atom is 0.267 e. The molecule has 2 aromatic carbocycles. The number of nitrogens with zero attached hydrogens (tertiary/aromatic N) is 1. The van der Waals surface area contributed by atoms with Crippen LogP contribution in [0.4, 0.5) is 4.39 Å². The van der Waals surface area contributed by atoms with Crippen LogP contribution in [0.15, 0.2) is 48.5 Å². The molecule has 30 heavy (non-hydrogen) atoms. The van der Waals surface area contributed by atoms with Crippen LogP contribution in [-0.4, -0.2) is 48.4 Å². The van der Waals surface area contributed by atoms with Crippen molar-refractivity contribution in [3.05, 3.63) is 65.6 Å². The van der Waals surface area contributed by atoms with Crippen molar-refractivity contribution in [1.82, 2.24) is 15.2 Å². The Bertz CT molecular complexity index is 1070. The van der Waals surface area contributed by atoms with Gasteiger partial charge in [0.25, 0.3) is 11.8 Å². The van der Waals surface area contributed by atoms with Crippen LogP contribution in [-0.2, 0) is 0 Å². The number of ether oxygens (including phenoxy) is 1. The number of likely N-dealkylation sites (tertiary alicyclic amines) is 1. The number of methoxy groups -OCH3 is 1. The molecule has 0 unspecified atom stereocenters. The fourth-order valence-corrected chi connectivity index (χ4v) is 3.83. The highest BCUT2D eigenvalue weighted by Crippen LogP contribution is 2.22. The molecule has 3 aromatic rings. The normalized spacial score (nSPS) is 14.7. The van der Waals surface area contributed by atoms with Gasteiger partial charge in [0.15, 0.2) is 0 Å². The van der Waals surface area contributed by atoms with Crippen LogP contribution >= 0.6 is 0 Å². The fraction of sp³-hybridized carbons (Fsp3) is 0.304. The Morgan fingerprint density at radius 2 is 1.93 bits per heavy atom. The van der Waals surface area contributed by atoms with E-state index in [1.54, 1.807) is 24.1 Å². The largest absolute Gasteiger partial charge is 0.497 e. The minimum Gasteiger partial charge on any atom is -0.497 e.